The molecule has 0 saturated heterocycles. The van der Waals surface area contributed by atoms with Crippen molar-refractivity contribution in [3.8, 4) is 0 Å². The maximum Gasteiger partial charge on any atom is 0.212 e. The Hall–Kier alpha value is -0.130. The van der Waals surface area contributed by atoms with Crippen molar-refractivity contribution in [1.82, 2.24) is 10.0 Å². The molecule has 0 radical (unpaired) electrons. The van der Waals surface area contributed by atoms with Gasteiger partial charge in [0.05, 0.1) is 5.75 Å². The molecule has 0 unspecified atom stereocenters. The zero-order valence-corrected chi connectivity index (χ0v) is 8.15. The van der Waals surface area contributed by atoms with Crippen LogP contribution in [0.1, 0.15) is 12.8 Å². The first-order valence-electron chi connectivity index (χ1n) is 4.26. The van der Waals surface area contributed by atoms with Crippen molar-refractivity contribution in [2.24, 2.45) is 5.92 Å². The second kappa shape index (κ2) is 4.20. The van der Waals surface area contributed by atoms with E-state index < -0.39 is 10.0 Å². The molecule has 72 valence electrons. The fourth-order valence-corrected chi connectivity index (χ4v) is 1.55. The molecule has 1 aliphatic carbocycles. The van der Waals surface area contributed by atoms with Crippen molar-refractivity contribution < 1.29 is 8.42 Å². The van der Waals surface area contributed by atoms with Crippen LogP contribution in [0.3, 0.4) is 0 Å². The Morgan fingerprint density at radius 1 is 1.42 bits per heavy atom. The molecule has 4 nitrogen and oxygen atoms in total. The van der Waals surface area contributed by atoms with Crippen LogP contribution >= 0.6 is 0 Å². The van der Waals surface area contributed by atoms with Crippen LogP contribution in [0.15, 0.2) is 0 Å². The fraction of sp³-hybridized carbons (Fsp3) is 1.00. The summed E-state index contributed by atoms with van der Waals surface area (Å²) in [6.45, 7) is 1.53. The summed E-state index contributed by atoms with van der Waals surface area (Å²) in [6.07, 6.45) is 2.59. The van der Waals surface area contributed by atoms with E-state index >= 15 is 0 Å². The molecule has 2 N–H and O–H groups in total. The third-order valence-electron chi connectivity index (χ3n) is 1.99. The molecule has 0 atom stereocenters. The van der Waals surface area contributed by atoms with Gasteiger partial charge in [0.1, 0.15) is 0 Å². The Kier molecular flexibility index (Phi) is 3.49. The monoisotopic (exact) mass is 192 g/mol. The topological polar surface area (TPSA) is 58.2 Å². The quantitative estimate of drug-likeness (QED) is 0.560. The smallest absolute Gasteiger partial charge is 0.212 e. The van der Waals surface area contributed by atoms with E-state index in [2.05, 4.69) is 10.0 Å². The Labute approximate surface area is 73.8 Å². The van der Waals surface area contributed by atoms with E-state index in [1.807, 2.05) is 0 Å². The predicted octanol–water partition coefficient (Wildman–Crippen LogP) is -0.465. The van der Waals surface area contributed by atoms with Crippen LogP contribution in [0.5, 0.6) is 0 Å². The Morgan fingerprint density at radius 3 is 2.58 bits per heavy atom. The minimum Gasteiger partial charge on any atom is -0.315 e. The second-order valence-corrected chi connectivity index (χ2v) is 5.22. The van der Waals surface area contributed by atoms with E-state index in [0.717, 1.165) is 12.5 Å². The predicted molar refractivity (Wildman–Crippen MR) is 48.4 cm³/mol. The van der Waals surface area contributed by atoms with Crippen LogP contribution in [0.25, 0.3) is 0 Å². The van der Waals surface area contributed by atoms with Gasteiger partial charge in [-0.1, -0.05) is 0 Å². The summed E-state index contributed by atoms with van der Waals surface area (Å²) in [5.74, 6) is 0.984. The third kappa shape index (κ3) is 4.04. The maximum atomic E-state index is 10.9. The molecule has 1 saturated carbocycles. The van der Waals surface area contributed by atoms with Gasteiger partial charge in [-0.3, -0.25) is 0 Å². The van der Waals surface area contributed by atoms with Gasteiger partial charge in [0.15, 0.2) is 0 Å². The average molecular weight is 192 g/mol. The summed E-state index contributed by atoms with van der Waals surface area (Å²) in [7, 11) is -1.57. The van der Waals surface area contributed by atoms with Crippen molar-refractivity contribution in [3.63, 3.8) is 0 Å². The Balaban J connectivity index is 2.00. The minimum atomic E-state index is -3.01. The van der Waals surface area contributed by atoms with Gasteiger partial charge >= 0.3 is 0 Å². The average Bonchev–Trinajstić information content (AvgIpc) is 2.82. The van der Waals surface area contributed by atoms with Gasteiger partial charge in [-0.2, -0.15) is 0 Å². The molecule has 0 aromatic carbocycles. The first-order chi connectivity index (χ1) is 5.64. The van der Waals surface area contributed by atoms with Crippen LogP contribution in [0, 0.1) is 5.92 Å². The number of hydrogen-bond donors (Lipinski definition) is 2. The summed E-state index contributed by atoms with van der Waals surface area (Å²) < 4.78 is 24.1. The van der Waals surface area contributed by atoms with Crippen molar-refractivity contribution >= 4 is 10.0 Å². The van der Waals surface area contributed by atoms with Gasteiger partial charge in [0.25, 0.3) is 0 Å². The fourth-order valence-electron chi connectivity index (χ4n) is 0.937. The van der Waals surface area contributed by atoms with E-state index in [9.17, 15) is 8.42 Å². The lowest BCUT2D eigenvalue weighted by Gasteiger charge is -2.03. The van der Waals surface area contributed by atoms with Crippen molar-refractivity contribution in [2.75, 3.05) is 25.9 Å². The lowest BCUT2D eigenvalue weighted by molar-refractivity contribution is 0.580. The molecule has 0 spiro atoms. The molecule has 1 rings (SSSR count). The summed E-state index contributed by atoms with van der Waals surface area (Å²) in [5.41, 5.74) is 0. The first kappa shape index (κ1) is 9.95. The molecule has 1 aliphatic rings. The van der Waals surface area contributed by atoms with Crippen LogP contribution in [-0.4, -0.2) is 34.3 Å². The van der Waals surface area contributed by atoms with Crippen LogP contribution in [-0.2, 0) is 10.0 Å². The maximum absolute atomic E-state index is 10.9. The van der Waals surface area contributed by atoms with Gasteiger partial charge in [0, 0.05) is 6.54 Å². The highest BCUT2D eigenvalue weighted by molar-refractivity contribution is 7.89. The highest BCUT2D eigenvalue weighted by atomic mass is 32.2. The van der Waals surface area contributed by atoms with Gasteiger partial charge in [-0.05, 0) is 32.4 Å². The highest BCUT2D eigenvalue weighted by Crippen LogP contribution is 2.27. The van der Waals surface area contributed by atoms with E-state index in [-0.39, 0.29) is 5.75 Å². The molecule has 0 aromatic heterocycles. The van der Waals surface area contributed by atoms with Gasteiger partial charge in [0.2, 0.25) is 10.0 Å². The van der Waals surface area contributed by atoms with Crippen molar-refractivity contribution in [3.05, 3.63) is 0 Å². The SMILES string of the molecule is CNS(=O)(=O)CCNCC1CC1. The van der Waals surface area contributed by atoms with Crippen molar-refractivity contribution in [2.45, 2.75) is 12.8 Å². The lowest BCUT2D eigenvalue weighted by Crippen LogP contribution is -2.30. The minimum absolute atomic E-state index is 0.177. The molecule has 5 heteroatoms. The first-order valence-corrected chi connectivity index (χ1v) is 5.91. The molecule has 1 fully saturated rings. The van der Waals surface area contributed by atoms with Crippen LogP contribution in [0.2, 0.25) is 0 Å². The van der Waals surface area contributed by atoms with E-state index in [1.54, 1.807) is 0 Å². The molecule has 0 bridgehead atoms. The molecule has 0 amide bonds. The molecule has 0 aliphatic heterocycles. The zero-order valence-electron chi connectivity index (χ0n) is 7.34. The van der Waals surface area contributed by atoms with E-state index in [4.69, 9.17) is 0 Å². The Morgan fingerprint density at radius 2 is 2.08 bits per heavy atom. The molecular formula is C7H16N2O2S. The molecule has 12 heavy (non-hydrogen) atoms. The lowest BCUT2D eigenvalue weighted by atomic mass is 10.4. The van der Waals surface area contributed by atoms with E-state index in [0.29, 0.717) is 6.54 Å². The van der Waals surface area contributed by atoms with Gasteiger partial charge in [-0.25, -0.2) is 13.1 Å². The van der Waals surface area contributed by atoms with Gasteiger partial charge in [-0.15, -0.1) is 0 Å². The standard InChI is InChI=1S/C7H16N2O2S/c1-8-12(10,11)5-4-9-6-7-2-3-7/h7-9H,2-6H2,1H3. The largest absolute Gasteiger partial charge is 0.315 e. The Bertz CT molecular complexity index is 222. The number of sulfonamides is 1. The summed E-state index contributed by atoms with van der Waals surface area (Å²) >= 11 is 0. The zero-order chi connectivity index (χ0) is 9.03. The van der Waals surface area contributed by atoms with Crippen LogP contribution in [0.4, 0.5) is 0 Å². The summed E-state index contributed by atoms with van der Waals surface area (Å²) in [4.78, 5) is 0. The van der Waals surface area contributed by atoms with Crippen LogP contribution < -0.4 is 10.0 Å². The molecule has 0 aromatic rings. The summed E-state index contributed by atoms with van der Waals surface area (Å²) in [5, 5.41) is 3.12. The summed E-state index contributed by atoms with van der Waals surface area (Å²) in [6, 6.07) is 0. The third-order valence-corrected chi connectivity index (χ3v) is 3.35. The van der Waals surface area contributed by atoms with Crippen molar-refractivity contribution in [1.29, 1.82) is 0 Å². The normalized spacial score (nSPS) is 18.1. The van der Waals surface area contributed by atoms with E-state index in [1.165, 1.54) is 19.9 Å². The highest BCUT2D eigenvalue weighted by Gasteiger charge is 2.20. The number of rotatable bonds is 6. The number of nitrogens with one attached hydrogen (secondary N) is 2. The number of hydrogen-bond acceptors (Lipinski definition) is 3. The molecule has 0 heterocycles. The van der Waals surface area contributed by atoms with Gasteiger partial charge < -0.3 is 5.32 Å². The molecular weight excluding hydrogens is 176 g/mol. The second-order valence-electron chi connectivity index (χ2n) is 3.17.